The summed E-state index contributed by atoms with van der Waals surface area (Å²) in [5.41, 5.74) is 9.96. The third kappa shape index (κ3) is 4.91. The van der Waals surface area contributed by atoms with E-state index < -0.39 is 5.41 Å². The fourth-order valence-electron chi connectivity index (χ4n) is 6.91. The first kappa shape index (κ1) is 29.5. The molecule has 47 heavy (non-hydrogen) atoms. The number of hydrogen-bond donors (Lipinski definition) is 1. The van der Waals surface area contributed by atoms with Gasteiger partial charge < -0.3 is 5.11 Å². The van der Waals surface area contributed by atoms with E-state index in [1.807, 2.05) is 72.8 Å². The second kappa shape index (κ2) is 11.7. The van der Waals surface area contributed by atoms with Gasteiger partial charge in [-0.3, -0.25) is 9.97 Å². The number of para-hydroxylation sites is 2. The van der Waals surface area contributed by atoms with Crippen LogP contribution in [0.1, 0.15) is 50.1 Å². The van der Waals surface area contributed by atoms with Crippen LogP contribution in [0.25, 0.3) is 44.5 Å². The molecule has 1 aliphatic rings. The van der Waals surface area contributed by atoms with Crippen molar-refractivity contribution in [1.29, 1.82) is 0 Å². The first-order valence-corrected chi connectivity index (χ1v) is 15.5. The molecule has 0 radical (unpaired) electrons. The summed E-state index contributed by atoms with van der Waals surface area (Å²) < 4.78 is 8.81. The molecule has 0 fully saturated rings. The van der Waals surface area contributed by atoms with Gasteiger partial charge in [0.2, 0.25) is 0 Å². The smallest absolute Gasteiger partial charge is 0.124 e. The molecular formula is C42H32N3OPt-. The molecule has 5 aromatic carbocycles. The van der Waals surface area contributed by atoms with Crippen molar-refractivity contribution in [3.8, 4) is 39.4 Å². The molecule has 4 nitrogen and oxygen atoms in total. The zero-order chi connectivity index (χ0) is 32.3. The van der Waals surface area contributed by atoms with Crippen LogP contribution < -0.4 is 0 Å². The Balaban J connectivity index is 0.00000364. The Kier molecular flexibility index (Phi) is 7.34. The third-order valence-electron chi connectivity index (χ3n) is 9.16. The molecule has 232 valence electrons. The molecule has 0 bridgehead atoms. The summed E-state index contributed by atoms with van der Waals surface area (Å²) in [5.74, 6) is 0.172. The van der Waals surface area contributed by atoms with E-state index in [9.17, 15) is 5.11 Å². The van der Waals surface area contributed by atoms with Gasteiger partial charge in [0, 0.05) is 26.6 Å². The van der Waals surface area contributed by atoms with Crippen molar-refractivity contribution in [2.75, 3.05) is 0 Å². The zero-order valence-electron chi connectivity index (χ0n) is 27.2. The number of pyridine rings is 1. The van der Waals surface area contributed by atoms with Crippen molar-refractivity contribution < 1.29 is 27.5 Å². The van der Waals surface area contributed by atoms with Crippen molar-refractivity contribution >= 4 is 10.9 Å². The Morgan fingerprint density at radius 3 is 2.34 bits per heavy atom. The molecule has 1 unspecified atom stereocenters. The van der Waals surface area contributed by atoms with Crippen LogP contribution in [-0.4, -0.2) is 20.1 Å². The number of aromatic hydroxyl groups is 1. The molecule has 0 saturated heterocycles. The largest absolute Gasteiger partial charge is 0.507 e. The second-order valence-electron chi connectivity index (χ2n) is 12.9. The molecule has 0 spiro atoms. The summed E-state index contributed by atoms with van der Waals surface area (Å²) in [6, 6.07) is 44.4. The summed E-state index contributed by atoms with van der Waals surface area (Å²) in [4.78, 5) is 14.6. The average molecular weight is 791 g/mol. The summed E-state index contributed by atoms with van der Waals surface area (Å²) in [6.07, 6.45) is 1.60. The van der Waals surface area contributed by atoms with Crippen molar-refractivity contribution in [1.82, 2.24) is 15.0 Å². The number of fused-ring (bicyclic) bond motifs is 4. The Morgan fingerprint density at radius 2 is 1.49 bits per heavy atom. The van der Waals surface area contributed by atoms with Crippen LogP contribution in [0.4, 0.5) is 0 Å². The minimum absolute atomic E-state index is 0. The molecule has 7 aromatic rings. The minimum Gasteiger partial charge on any atom is -0.507 e. The summed E-state index contributed by atoms with van der Waals surface area (Å²) >= 11 is 0. The molecule has 0 saturated carbocycles. The Hall–Kier alpha value is -4.92. The number of phenols is 1. The predicted molar refractivity (Wildman–Crippen MR) is 185 cm³/mol. The number of benzene rings is 5. The molecule has 1 aliphatic carbocycles. The summed E-state index contributed by atoms with van der Waals surface area (Å²) in [5, 5.41) is 11.8. The van der Waals surface area contributed by atoms with Gasteiger partial charge in [0.25, 0.3) is 0 Å². The van der Waals surface area contributed by atoms with Crippen LogP contribution in [0.3, 0.4) is 0 Å². The number of rotatable bonds is 4. The van der Waals surface area contributed by atoms with Crippen LogP contribution >= 0.6 is 0 Å². The normalized spacial score (nSPS) is 15.4. The fourth-order valence-corrected chi connectivity index (χ4v) is 6.91. The number of aromatic nitrogens is 3. The van der Waals surface area contributed by atoms with E-state index in [4.69, 9.17) is 11.3 Å². The van der Waals surface area contributed by atoms with Gasteiger partial charge >= 0.3 is 0 Å². The molecule has 0 amide bonds. The van der Waals surface area contributed by atoms with Crippen LogP contribution in [-0.2, 0) is 31.9 Å². The van der Waals surface area contributed by atoms with E-state index in [0.29, 0.717) is 17.3 Å². The van der Waals surface area contributed by atoms with Gasteiger partial charge in [0.05, 0.1) is 23.7 Å². The van der Waals surface area contributed by atoms with E-state index in [0.717, 1.165) is 55.7 Å². The zero-order valence-corrected chi connectivity index (χ0v) is 28.5. The number of phenolic OH excluding ortho intramolecular Hbond substituents is 1. The van der Waals surface area contributed by atoms with E-state index in [1.165, 1.54) is 5.56 Å². The molecule has 1 atom stereocenters. The molecular weight excluding hydrogens is 758 g/mol. The maximum Gasteiger partial charge on any atom is 0.124 e. The first-order chi connectivity index (χ1) is 22.7. The number of hydrogen-bond acceptors (Lipinski definition) is 4. The van der Waals surface area contributed by atoms with Crippen LogP contribution in [0.5, 0.6) is 5.75 Å². The second-order valence-corrected chi connectivity index (χ2v) is 12.9. The maximum absolute atomic E-state index is 10.8. The minimum atomic E-state index is -0.914. The van der Waals surface area contributed by atoms with Crippen LogP contribution in [0.15, 0.2) is 134 Å². The van der Waals surface area contributed by atoms with Gasteiger partial charge in [-0.25, -0.2) is 4.98 Å². The van der Waals surface area contributed by atoms with Crippen molar-refractivity contribution in [2.24, 2.45) is 0 Å². The van der Waals surface area contributed by atoms with E-state index in [-0.39, 0.29) is 32.2 Å². The van der Waals surface area contributed by atoms with Crippen molar-refractivity contribution in [3.05, 3.63) is 168 Å². The molecule has 2 aromatic heterocycles. The molecule has 8 rings (SSSR count). The Morgan fingerprint density at radius 1 is 0.723 bits per heavy atom. The summed E-state index contributed by atoms with van der Waals surface area (Å²) in [6.45, 7) is 6.68. The summed E-state index contributed by atoms with van der Waals surface area (Å²) in [7, 11) is 0. The molecule has 5 heteroatoms. The van der Waals surface area contributed by atoms with Crippen LogP contribution in [0, 0.1) is 6.07 Å². The quantitative estimate of drug-likeness (QED) is 0.181. The van der Waals surface area contributed by atoms with E-state index >= 15 is 0 Å². The van der Waals surface area contributed by atoms with Gasteiger partial charge in [-0.1, -0.05) is 99.6 Å². The third-order valence-corrected chi connectivity index (χ3v) is 9.16. The topological polar surface area (TPSA) is 58.9 Å². The van der Waals surface area contributed by atoms with Crippen LogP contribution in [0.2, 0.25) is 0 Å². The molecule has 2 heterocycles. The van der Waals surface area contributed by atoms with Crippen molar-refractivity contribution in [3.63, 3.8) is 0 Å². The SMILES string of the molecule is [2H]c1ccc2c(c1)C(c1[c-]c(-c3ncnc4ccccc34)ccc1)(c1cccc(-c3ccccc3O)n1)c1cc(C(C)(C)C)ccc1-2.[Pt]. The average Bonchev–Trinajstić information content (AvgIpc) is 3.37. The monoisotopic (exact) mass is 790 g/mol. The van der Waals surface area contributed by atoms with Gasteiger partial charge in [0.1, 0.15) is 12.1 Å². The first-order valence-electron chi connectivity index (χ1n) is 16.0. The van der Waals surface area contributed by atoms with Gasteiger partial charge in [0.15, 0.2) is 0 Å². The standard InChI is InChI=1S/C42H32N3O.Pt/c1-41(2,3)28-22-23-31-30-14-4-7-17-34(30)42(35(31)25-28,39-21-11-19-37(45-39)32-15-6-9-20-38(32)46)29-13-10-12-27(24-29)40-33-16-5-8-18-36(33)43-26-44-40;/h4-23,25-26,46H,1-3H3;/q-1;/i7D;. The van der Waals surface area contributed by atoms with Gasteiger partial charge in [-0.2, -0.15) is 0 Å². The predicted octanol–water partition coefficient (Wildman–Crippen LogP) is 9.52. The van der Waals surface area contributed by atoms with E-state index in [1.54, 1.807) is 12.4 Å². The maximum atomic E-state index is 10.8. The van der Waals surface area contributed by atoms with Gasteiger partial charge in [-0.15, -0.1) is 35.4 Å². The Labute approximate surface area is 290 Å². The fraction of sp³-hybridized carbons (Fsp3) is 0.119. The van der Waals surface area contributed by atoms with Gasteiger partial charge in [-0.05, 0) is 74.6 Å². The van der Waals surface area contributed by atoms with Crippen molar-refractivity contribution in [2.45, 2.75) is 31.6 Å². The molecule has 1 N–H and O–H groups in total. The Bertz CT molecular complexity index is 2340. The van der Waals surface area contributed by atoms with E-state index in [2.05, 4.69) is 74.3 Å². The molecule has 0 aliphatic heterocycles. The number of nitrogens with zero attached hydrogens (tertiary/aromatic N) is 3.